The summed E-state index contributed by atoms with van der Waals surface area (Å²) in [6.07, 6.45) is 0.362. The van der Waals surface area contributed by atoms with Crippen LogP contribution in [-0.2, 0) is 21.1 Å². The van der Waals surface area contributed by atoms with Crippen LogP contribution in [0.25, 0.3) is 0 Å². The highest BCUT2D eigenvalue weighted by molar-refractivity contribution is 7.91. The molecule has 1 N–H and O–H groups in total. The molecule has 0 aromatic heterocycles. The molecule has 0 radical (unpaired) electrons. The molecule has 0 spiro atoms. The number of nitrogens with zero attached hydrogens (tertiary/aromatic N) is 1. The maximum absolute atomic E-state index is 13.6. The zero-order valence-electron chi connectivity index (χ0n) is 13.3. The molecule has 1 atom stereocenters. The van der Waals surface area contributed by atoms with Gasteiger partial charge in [-0.3, -0.25) is 9.69 Å². The molecular weight excluding hydrogens is 319 g/mol. The first-order valence-corrected chi connectivity index (χ1v) is 9.63. The molecule has 5 nitrogen and oxygen atoms in total. The first-order valence-electron chi connectivity index (χ1n) is 7.81. The standard InChI is InChI=1S/C16H23FN2O3S/c1-13(12-14-4-2-3-5-15(14)17)16(20)18-6-7-19-8-10-23(21,22)11-9-19/h2-5,13H,6-12H2,1H3,(H,18,20)/t13-/m1/s1. The molecule has 1 aliphatic heterocycles. The normalized spacial score (nSPS) is 19.2. The van der Waals surface area contributed by atoms with Crippen molar-refractivity contribution in [3.63, 3.8) is 0 Å². The third kappa shape index (κ3) is 5.58. The van der Waals surface area contributed by atoms with Crippen molar-refractivity contribution in [3.05, 3.63) is 35.6 Å². The van der Waals surface area contributed by atoms with Crippen LogP contribution in [0.3, 0.4) is 0 Å². The maximum Gasteiger partial charge on any atom is 0.223 e. The second kappa shape index (κ2) is 7.88. The number of rotatable bonds is 6. The molecule has 1 amide bonds. The Morgan fingerprint density at radius 1 is 1.30 bits per heavy atom. The highest BCUT2D eigenvalue weighted by Gasteiger charge is 2.21. The zero-order chi connectivity index (χ0) is 16.9. The average Bonchev–Trinajstić information content (AvgIpc) is 2.51. The van der Waals surface area contributed by atoms with E-state index in [-0.39, 0.29) is 29.1 Å². The van der Waals surface area contributed by atoms with Gasteiger partial charge in [0.05, 0.1) is 11.5 Å². The van der Waals surface area contributed by atoms with E-state index in [0.717, 1.165) is 0 Å². The average molecular weight is 342 g/mol. The summed E-state index contributed by atoms with van der Waals surface area (Å²) in [6, 6.07) is 6.47. The lowest BCUT2D eigenvalue weighted by molar-refractivity contribution is -0.124. The lowest BCUT2D eigenvalue weighted by atomic mass is 10.00. The molecule has 0 bridgehead atoms. The zero-order valence-corrected chi connectivity index (χ0v) is 14.1. The molecule has 0 unspecified atom stereocenters. The van der Waals surface area contributed by atoms with Gasteiger partial charge in [-0.15, -0.1) is 0 Å². The van der Waals surface area contributed by atoms with Crippen LogP contribution in [-0.4, -0.2) is 56.9 Å². The van der Waals surface area contributed by atoms with E-state index in [1.54, 1.807) is 25.1 Å². The fourth-order valence-electron chi connectivity index (χ4n) is 2.57. The van der Waals surface area contributed by atoms with Crippen molar-refractivity contribution in [2.24, 2.45) is 5.92 Å². The van der Waals surface area contributed by atoms with Gasteiger partial charge in [-0.05, 0) is 18.1 Å². The number of amides is 1. The molecule has 7 heteroatoms. The van der Waals surface area contributed by atoms with Crippen LogP contribution in [0, 0.1) is 11.7 Å². The third-order valence-corrected chi connectivity index (χ3v) is 5.70. The Kier molecular flexibility index (Phi) is 6.12. The van der Waals surface area contributed by atoms with Crippen LogP contribution in [0.1, 0.15) is 12.5 Å². The van der Waals surface area contributed by atoms with Gasteiger partial charge < -0.3 is 5.32 Å². The van der Waals surface area contributed by atoms with Crippen molar-refractivity contribution in [3.8, 4) is 0 Å². The second-order valence-corrected chi connectivity index (χ2v) is 8.28. The molecule has 2 rings (SSSR count). The highest BCUT2D eigenvalue weighted by atomic mass is 32.2. The number of carbonyl (C=O) groups excluding carboxylic acids is 1. The van der Waals surface area contributed by atoms with Crippen LogP contribution in [0.2, 0.25) is 0 Å². The van der Waals surface area contributed by atoms with E-state index in [1.807, 2.05) is 4.90 Å². The van der Waals surface area contributed by atoms with Crippen molar-refractivity contribution in [1.82, 2.24) is 10.2 Å². The molecule has 128 valence electrons. The van der Waals surface area contributed by atoms with Crippen molar-refractivity contribution < 1.29 is 17.6 Å². The molecule has 1 aliphatic rings. The molecule has 1 aromatic carbocycles. The van der Waals surface area contributed by atoms with Crippen molar-refractivity contribution >= 4 is 15.7 Å². The minimum absolute atomic E-state index is 0.113. The van der Waals surface area contributed by atoms with E-state index in [2.05, 4.69) is 5.32 Å². The number of carbonyl (C=O) groups is 1. The van der Waals surface area contributed by atoms with Gasteiger partial charge in [0.15, 0.2) is 9.84 Å². The topological polar surface area (TPSA) is 66.5 Å². The summed E-state index contributed by atoms with van der Waals surface area (Å²) in [5.74, 6) is -0.344. The third-order valence-electron chi connectivity index (χ3n) is 4.10. The fraction of sp³-hybridized carbons (Fsp3) is 0.562. The van der Waals surface area contributed by atoms with E-state index < -0.39 is 9.84 Å². The fourth-order valence-corrected chi connectivity index (χ4v) is 3.85. The highest BCUT2D eigenvalue weighted by Crippen LogP contribution is 2.12. The first-order chi connectivity index (χ1) is 10.9. The number of benzene rings is 1. The largest absolute Gasteiger partial charge is 0.355 e. The Balaban J connectivity index is 1.71. The molecule has 23 heavy (non-hydrogen) atoms. The van der Waals surface area contributed by atoms with E-state index >= 15 is 0 Å². The number of nitrogens with one attached hydrogen (secondary N) is 1. The van der Waals surface area contributed by atoms with Crippen molar-refractivity contribution in [1.29, 1.82) is 0 Å². The Bertz CT molecular complexity index is 634. The molecule has 1 heterocycles. The van der Waals surface area contributed by atoms with Crippen LogP contribution in [0.15, 0.2) is 24.3 Å². The number of sulfone groups is 1. The van der Waals surface area contributed by atoms with E-state index in [9.17, 15) is 17.6 Å². The number of hydrogen-bond acceptors (Lipinski definition) is 4. The predicted molar refractivity (Wildman–Crippen MR) is 87.4 cm³/mol. The van der Waals surface area contributed by atoms with E-state index in [0.29, 0.717) is 38.2 Å². The summed E-state index contributed by atoms with van der Waals surface area (Å²) in [5.41, 5.74) is 0.538. The van der Waals surface area contributed by atoms with Crippen LogP contribution in [0.4, 0.5) is 4.39 Å². The Morgan fingerprint density at radius 3 is 2.61 bits per heavy atom. The molecule has 0 saturated carbocycles. The van der Waals surface area contributed by atoms with Gasteiger partial charge in [0.2, 0.25) is 5.91 Å². The van der Waals surface area contributed by atoms with Gasteiger partial charge in [-0.2, -0.15) is 0 Å². The summed E-state index contributed by atoms with van der Waals surface area (Å²) in [5, 5.41) is 2.84. The van der Waals surface area contributed by atoms with Gasteiger partial charge in [-0.25, -0.2) is 12.8 Å². The van der Waals surface area contributed by atoms with Gasteiger partial charge >= 0.3 is 0 Å². The lowest BCUT2D eigenvalue weighted by Crippen LogP contribution is -2.44. The Hall–Kier alpha value is -1.47. The first kappa shape index (κ1) is 17.9. The summed E-state index contributed by atoms with van der Waals surface area (Å²) in [7, 11) is -2.87. The van der Waals surface area contributed by atoms with Crippen molar-refractivity contribution in [2.75, 3.05) is 37.7 Å². The monoisotopic (exact) mass is 342 g/mol. The summed E-state index contributed by atoms with van der Waals surface area (Å²) in [4.78, 5) is 14.1. The molecular formula is C16H23FN2O3S. The Labute approximate surface area is 136 Å². The lowest BCUT2D eigenvalue weighted by Gasteiger charge is -2.26. The van der Waals surface area contributed by atoms with Crippen LogP contribution >= 0.6 is 0 Å². The minimum Gasteiger partial charge on any atom is -0.355 e. The molecule has 1 saturated heterocycles. The molecule has 1 fully saturated rings. The van der Waals surface area contributed by atoms with Gasteiger partial charge in [0.1, 0.15) is 5.82 Å². The minimum atomic E-state index is -2.87. The smallest absolute Gasteiger partial charge is 0.223 e. The summed E-state index contributed by atoms with van der Waals surface area (Å²) < 4.78 is 36.3. The van der Waals surface area contributed by atoms with Crippen LogP contribution < -0.4 is 5.32 Å². The molecule has 1 aromatic rings. The summed E-state index contributed by atoms with van der Waals surface area (Å²) in [6.45, 7) is 3.91. The SMILES string of the molecule is C[C@H](Cc1ccccc1F)C(=O)NCCN1CCS(=O)(=O)CC1. The Morgan fingerprint density at radius 2 is 1.96 bits per heavy atom. The second-order valence-electron chi connectivity index (χ2n) is 5.98. The van der Waals surface area contributed by atoms with Gasteiger partial charge in [-0.1, -0.05) is 25.1 Å². The van der Waals surface area contributed by atoms with E-state index in [1.165, 1.54) is 6.07 Å². The maximum atomic E-state index is 13.6. The van der Waals surface area contributed by atoms with Gasteiger partial charge in [0, 0.05) is 32.1 Å². The predicted octanol–water partition coefficient (Wildman–Crippen LogP) is 0.851. The molecule has 0 aliphatic carbocycles. The summed E-state index contributed by atoms with van der Waals surface area (Å²) >= 11 is 0. The van der Waals surface area contributed by atoms with Gasteiger partial charge in [0.25, 0.3) is 0 Å². The van der Waals surface area contributed by atoms with E-state index in [4.69, 9.17) is 0 Å². The number of halogens is 1. The van der Waals surface area contributed by atoms with Crippen molar-refractivity contribution in [2.45, 2.75) is 13.3 Å². The number of hydrogen-bond donors (Lipinski definition) is 1. The van der Waals surface area contributed by atoms with Crippen LogP contribution in [0.5, 0.6) is 0 Å². The quantitative estimate of drug-likeness (QED) is 0.832.